The standard InChI is InChI=1S/C76H109N17O18S2/c1-10-45-30-59(96)66(44(8)94)89-70(105)48(31-58(95)42(6)77)36-112-26-21-61(98)91-24-25-92(39-90(9)38-91)62(99)22-27-113-37-56(67(78)102)86-74(109)57-20-15-23-93(57)76(111)65(41(4)5)88-72(107)53(28-46-33-79-51-18-13-11-16-49(46)51)83-60(97)35-81-71(106)55(32-63(100)101)85-75(110)64(40(2)3)87-73(108)54(84-68(103)43(7)82-69(45)104)29-47-34-80-52-19-14-12-17-50(47)52/h11-14,16-19,33-34,40-45,48,53-57,64-66,79-80,94H,10,15,20-32,35-39,77H2,1-9H3,(H2,78,102)(H,81,106)(H,82,104)(H,83,97)(H,84,103)(H,85,110)(H,86,109)(H,87,108)(H,88,107)(H,89,105)(H,100,101)/t42-,43-,44+,45+,48-,53-,54-,55-,56-,57-,64-,65-,66-/m0/s1. The Morgan fingerprint density at radius 2 is 1.11 bits per heavy atom. The van der Waals surface area contributed by atoms with Crippen LogP contribution in [-0.2, 0) is 89.6 Å². The highest BCUT2D eigenvalue weighted by molar-refractivity contribution is 7.99. The number of hydrogen-bond acceptors (Lipinski definition) is 21. The summed E-state index contributed by atoms with van der Waals surface area (Å²) in [5.41, 5.74) is 14.2. The number of carboxylic acid groups (broad SMARTS) is 1. The summed E-state index contributed by atoms with van der Waals surface area (Å²) in [6.07, 6.45) is -0.0136. The zero-order valence-corrected chi connectivity index (χ0v) is 66.9. The molecule has 7 rings (SSSR count). The summed E-state index contributed by atoms with van der Waals surface area (Å²) in [7, 11) is 1.74. The molecule has 37 heteroatoms. The number of Topliss-reactive ketones (excluding diaryl/α,β-unsaturated/α-hetero) is 2. The van der Waals surface area contributed by atoms with E-state index < -0.39 is 192 Å². The van der Waals surface area contributed by atoms with E-state index in [9.17, 15) is 86.9 Å². The first-order valence-electron chi connectivity index (χ1n) is 38.1. The Hall–Kier alpha value is -9.98. The lowest BCUT2D eigenvalue weighted by molar-refractivity contribution is -0.143. The van der Waals surface area contributed by atoms with Crippen molar-refractivity contribution in [2.24, 2.45) is 35.1 Å². The number of nitrogens with one attached hydrogen (secondary N) is 11. The Balaban J connectivity index is 1.15. The second kappa shape index (κ2) is 42.8. The Morgan fingerprint density at radius 3 is 1.64 bits per heavy atom. The van der Waals surface area contributed by atoms with E-state index in [0.717, 1.165) is 0 Å². The minimum atomic E-state index is -1.89. The van der Waals surface area contributed by atoms with Gasteiger partial charge in [0.05, 0.1) is 44.4 Å². The van der Waals surface area contributed by atoms with E-state index in [1.807, 2.05) is 0 Å². The third kappa shape index (κ3) is 26.0. The third-order valence-electron chi connectivity index (χ3n) is 20.1. The molecule has 618 valence electrons. The molecule has 4 aromatic rings. The van der Waals surface area contributed by atoms with Gasteiger partial charge in [0.25, 0.3) is 0 Å². The molecule has 13 atom stereocenters. The van der Waals surface area contributed by atoms with E-state index >= 15 is 0 Å². The van der Waals surface area contributed by atoms with Crippen molar-refractivity contribution in [2.45, 2.75) is 186 Å². The van der Waals surface area contributed by atoms with E-state index in [1.165, 1.54) is 49.2 Å². The topological polar surface area (TPSA) is 518 Å². The maximum absolute atomic E-state index is 14.7. The number of ketones is 2. The van der Waals surface area contributed by atoms with E-state index in [4.69, 9.17) is 11.5 Å². The van der Waals surface area contributed by atoms with Gasteiger partial charge in [-0.25, -0.2) is 0 Å². The molecular weight excluding hydrogens is 1500 g/mol. The van der Waals surface area contributed by atoms with Crippen LogP contribution in [0.15, 0.2) is 60.9 Å². The summed E-state index contributed by atoms with van der Waals surface area (Å²) in [4.78, 5) is 236. The molecule has 3 aliphatic rings. The molecule has 2 aromatic heterocycles. The van der Waals surface area contributed by atoms with Gasteiger partial charge >= 0.3 is 5.97 Å². The molecule has 3 saturated heterocycles. The molecule has 3 aliphatic heterocycles. The van der Waals surface area contributed by atoms with Crippen molar-refractivity contribution >= 4 is 140 Å². The number of para-hydroxylation sites is 2. The summed E-state index contributed by atoms with van der Waals surface area (Å²) >= 11 is 2.37. The van der Waals surface area contributed by atoms with Gasteiger partial charge in [-0.1, -0.05) is 71.0 Å². The lowest BCUT2D eigenvalue weighted by Gasteiger charge is -2.32. The molecule has 17 N–H and O–H groups in total. The Bertz CT molecular complexity index is 4110. The second-order valence-electron chi connectivity index (χ2n) is 29.8. The fourth-order valence-corrected chi connectivity index (χ4v) is 15.5. The highest BCUT2D eigenvalue weighted by Gasteiger charge is 2.42. The largest absolute Gasteiger partial charge is 0.481 e. The number of aliphatic hydroxyl groups excluding tert-OH is 1. The maximum atomic E-state index is 14.7. The van der Waals surface area contributed by atoms with E-state index in [0.29, 0.717) is 39.4 Å². The number of aromatic amines is 2. The molecule has 0 unspecified atom stereocenters. The van der Waals surface area contributed by atoms with Crippen molar-refractivity contribution in [2.75, 3.05) is 69.6 Å². The average Bonchev–Trinajstić information content (AvgIpc) is 1.72. The number of nitrogens with two attached hydrogens (primary N) is 2. The zero-order valence-electron chi connectivity index (χ0n) is 65.3. The van der Waals surface area contributed by atoms with Crippen molar-refractivity contribution in [3.63, 3.8) is 0 Å². The predicted octanol–water partition coefficient (Wildman–Crippen LogP) is -1.22. The number of fused-ring (bicyclic) bond motifs is 6. The lowest BCUT2D eigenvalue weighted by Crippen LogP contribution is -2.60. The van der Waals surface area contributed by atoms with E-state index in [1.54, 1.807) is 117 Å². The number of hydrogen-bond donors (Lipinski definition) is 15. The van der Waals surface area contributed by atoms with Crippen LogP contribution in [0.25, 0.3) is 21.8 Å². The number of amides is 13. The predicted molar refractivity (Wildman–Crippen MR) is 421 cm³/mol. The fraction of sp³-hybridized carbons (Fsp3) is 0.579. The second-order valence-corrected chi connectivity index (χ2v) is 32.1. The number of H-pyrrole nitrogens is 2. The molecule has 2 bridgehead atoms. The summed E-state index contributed by atoms with van der Waals surface area (Å²) in [6, 6.07) is 0.205. The number of carbonyl (C=O) groups excluding carboxylic acids is 15. The number of aliphatic carboxylic acids is 1. The summed E-state index contributed by atoms with van der Waals surface area (Å²) in [5.74, 6) is -16.3. The number of carbonyl (C=O) groups is 16. The number of nitrogens with zero attached hydrogens (tertiary/aromatic N) is 4. The van der Waals surface area contributed by atoms with Crippen LogP contribution in [0.1, 0.15) is 118 Å². The number of primary amides is 1. The molecule has 0 aliphatic carbocycles. The van der Waals surface area contributed by atoms with Crippen molar-refractivity contribution in [1.82, 2.24) is 77.4 Å². The van der Waals surface area contributed by atoms with Crippen LogP contribution < -0.4 is 59.3 Å². The van der Waals surface area contributed by atoms with Gasteiger partial charge in [-0.3, -0.25) is 81.6 Å². The minimum absolute atomic E-state index is 0.00434. The van der Waals surface area contributed by atoms with Gasteiger partial charge in [0.2, 0.25) is 76.8 Å². The van der Waals surface area contributed by atoms with Crippen LogP contribution >= 0.6 is 23.5 Å². The summed E-state index contributed by atoms with van der Waals surface area (Å²) in [6.45, 7) is 11.9. The molecule has 0 saturated carbocycles. The monoisotopic (exact) mass is 1610 g/mol. The van der Waals surface area contributed by atoms with Crippen molar-refractivity contribution < 1.29 is 86.9 Å². The van der Waals surface area contributed by atoms with Crippen LogP contribution in [-0.4, -0.2) is 270 Å². The highest BCUT2D eigenvalue weighted by atomic mass is 32.2. The Kier molecular flexibility index (Phi) is 34.1. The van der Waals surface area contributed by atoms with Crippen LogP contribution in [0.4, 0.5) is 0 Å². The number of aromatic nitrogens is 2. The number of aliphatic hydroxyl groups is 1. The van der Waals surface area contributed by atoms with Gasteiger partial charge in [-0.2, -0.15) is 23.5 Å². The first-order chi connectivity index (χ1) is 53.5. The van der Waals surface area contributed by atoms with E-state index in [2.05, 4.69) is 57.8 Å². The number of benzene rings is 2. The molecule has 0 spiro atoms. The molecule has 35 nitrogen and oxygen atoms in total. The molecule has 0 radical (unpaired) electrons. The Morgan fingerprint density at radius 1 is 0.584 bits per heavy atom. The quantitative estimate of drug-likeness (QED) is 0.0703. The van der Waals surface area contributed by atoms with Crippen LogP contribution in [0.5, 0.6) is 0 Å². The van der Waals surface area contributed by atoms with Gasteiger partial charge in [0.1, 0.15) is 60.2 Å². The first kappa shape index (κ1) is 90.2. The van der Waals surface area contributed by atoms with Gasteiger partial charge in [0, 0.05) is 121 Å². The molecule has 3 fully saturated rings. The van der Waals surface area contributed by atoms with Crippen molar-refractivity contribution in [3.05, 3.63) is 72.1 Å². The minimum Gasteiger partial charge on any atom is -0.481 e. The zero-order chi connectivity index (χ0) is 83.1. The molecular formula is C76H109N17O18S2. The van der Waals surface area contributed by atoms with Crippen LogP contribution in [0, 0.1) is 23.7 Å². The van der Waals surface area contributed by atoms with Crippen LogP contribution in [0.2, 0.25) is 0 Å². The normalized spacial score (nSPS) is 25.8. The van der Waals surface area contributed by atoms with Gasteiger partial charge in [-0.15, -0.1) is 0 Å². The smallest absolute Gasteiger partial charge is 0.305 e. The lowest BCUT2D eigenvalue weighted by atomic mass is 9.92. The summed E-state index contributed by atoms with van der Waals surface area (Å²) in [5, 5.41) is 45.7. The molecule has 113 heavy (non-hydrogen) atoms. The van der Waals surface area contributed by atoms with E-state index in [-0.39, 0.29) is 113 Å². The number of carboxylic acids is 1. The van der Waals surface area contributed by atoms with Crippen LogP contribution in [0.3, 0.4) is 0 Å². The number of rotatable bonds is 14. The first-order valence-corrected chi connectivity index (χ1v) is 40.4. The van der Waals surface area contributed by atoms with Gasteiger partial charge in [0.15, 0.2) is 5.78 Å². The maximum Gasteiger partial charge on any atom is 0.305 e. The summed E-state index contributed by atoms with van der Waals surface area (Å²) < 4.78 is 0. The third-order valence-corrected chi connectivity index (χ3v) is 22.3. The molecule has 2 aromatic carbocycles. The molecule has 13 amide bonds. The van der Waals surface area contributed by atoms with Gasteiger partial charge < -0.3 is 94.2 Å². The number of thioether (sulfide) groups is 2. The van der Waals surface area contributed by atoms with Crippen molar-refractivity contribution in [3.8, 4) is 0 Å². The molecule has 5 heterocycles. The average molecular weight is 1610 g/mol. The SMILES string of the molecule is CC[C@@H]1CC(=O)[C@H]([C@@H](C)O)NC(=O)[C@@H](CC(=O)[C@H](C)N)CSCCC(=O)N2CCN(CN(C)C2)C(=O)CCSC[C@@H](C(N)=O)NC(=O)[C@@H]2CCCN2C(=O)[C@H](C(C)C)NC(=O)[C@H](Cc2c[nH]c3ccccc23)NC(=O)CNC(=O)[C@H](CC(=O)O)NC(=O)[C@H](C(C)C)NC(=O)[C@H](Cc2c[nH]c3ccccc23)NC(=O)[C@H](C)NC1=O. The van der Waals surface area contributed by atoms with Gasteiger partial charge in [-0.05, 0) is 82.2 Å². The Labute approximate surface area is 663 Å². The van der Waals surface area contributed by atoms with Crippen molar-refractivity contribution in [1.29, 1.82) is 0 Å². The fourth-order valence-electron chi connectivity index (χ4n) is 13.5. The highest BCUT2D eigenvalue weighted by Crippen LogP contribution is 2.26.